The molecule has 0 aliphatic rings. The number of ketones is 1. The number of aryl methyl sites for hydroxylation is 1. The second kappa shape index (κ2) is 5.92. The molecule has 0 saturated heterocycles. The zero-order valence-corrected chi connectivity index (χ0v) is 13.4. The Morgan fingerprint density at radius 1 is 1.04 bits per heavy atom. The van der Waals surface area contributed by atoms with Gasteiger partial charge >= 0.3 is 5.97 Å². The third kappa shape index (κ3) is 2.48. The van der Waals surface area contributed by atoms with Gasteiger partial charge in [-0.05, 0) is 42.3 Å². The molecule has 122 valence electrons. The van der Waals surface area contributed by atoms with Crippen LogP contribution in [0.1, 0.15) is 46.5 Å². The van der Waals surface area contributed by atoms with Crippen molar-refractivity contribution in [3.63, 3.8) is 0 Å². The summed E-state index contributed by atoms with van der Waals surface area (Å²) < 4.78 is 5.85. The smallest absolute Gasteiger partial charge is 0.335 e. The molecule has 0 aliphatic heterocycles. The first kappa shape index (κ1) is 15.9. The van der Waals surface area contributed by atoms with Crippen LogP contribution in [0.2, 0.25) is 0 Å². The normalized spacial score (nSPS) is 11.1. The fraction of sp³-hybridized carbons (Fsp3) is 0.211. The summed E-state index contributed by atoms with van der Waals surface area (Å²) in [4.78, 5) is 36.0. The quantitative estimate of drug-likeness (QED) is 0.583. The standard InChI is InChI=1S/C19H16O5/c1-3-10-7-12(15(20)4-2)9-14-17(21)13-8-11(19(22)23)5-6-16(13)24-18(10)14/h5-9H,3-4H2,1-2H3,(H,22,23). The van der Waals surface area contributed by atoms with E-state index in [-0.39, 0.29) is 22.2 Å². The van der Waals surface area contributed by atoms with Crippen LogP contribution in [0, 0.1) is 0 Å². The molecule has 1 N–H and O–H groups in total. The fourth-order valence-corrected chi connectivity index (χ4v) is 2.79. The van der Waals surface area contributed by atoms with E-state index in [2.05, 4.69) is 0 Å². The maximum Gasteiger partial charge on any atom is 0.335 e. The highest BCUT2D eigenvalue weighted by Crippen LogP contribution is 2.25. The Morgan fingerprint density at radius 2 is 1.75 bits per heavy atom. The number of aromatic carboxylic acids is 1. The highest BCUT2D eigenvalue weighted by atomic mass is 16.4. The van der Waals surface area contributed by atoms with Crippen LogP contribution in [-0.2, 0) is 6.42 Å². The van der Waals surface area contributed by atoms with E-state index in [1.807, 2.05) is 6.92 Å². The van der Waals surface area contributed by atoms with E-state index in [0.717, 1.165) is 5.56 Å². The second-order valence-corrected chi connectivity index (χ2v) is 5.59. The van der Waals surface area contributed by atoms with Gasteiger partial charge < -0.3 is 9.52 Å². The van der Waals surface area contributed by atoms with Gasteiger partial charge in [-0.15, -0.1) is 0 Å². The van der Waals surface area contributed by atoms with Crippen LogP contribution in [0.5, 0.6) is 0 Å². The number of hydrogen-bond acceptors (Lipinski definition) is 4. The lowest BCUT2D eigenvalue weighted by Gasteiger charge is -2.08. The molecular weight excluding hydrogens is 308 g/mol. The van der Waals surface area contributed by atoms with E-state index < -0.39 is 5.97 Å². The van der Waals surface area contributed by atoms with Gasteiger partial charge in [-0.1, -0.05) is 13.8 Å². The molecule has 0 fully saturated rings. The molecular formula is C19H16O5. The highest BCUT2D eigenvalue weighted by molar-refractivity contribution is 6.02. The van der Waals surface area contributed by atoms with Gasteiger partial charge in [0.15, 0.2) is 5.78 Å². The van der Waals surface area contributed by atoms with E-state index in [4.69, 9.17) is 9.52 Å². The summed E-state index contributed by atoms with van der Waals surface area (Å²) in [5.41, 5.74) is 1.74. The predicted molar refractivity (Wildman–Crippen MR) is 90.9 cm³/mol. The molecule has 5 nitrogen and oxygen atoms in total. The molecule has 0 bridgehead atoms. The molecule has 2 aromatic carbocycles. The minimum Gasteiger partial charge on any atom is -0.478 e. The zero-order valence-electron chi connectivity index (χ0n) is 13.4. The lowest BCUT2D eigenvalue weighted by Crippen LogP contribution is -2.08. The van der Waals surface area contributed by atoms with Crippen LogP contribution in [0.15, 0.2) is 39.5 Å². The van der Waals surface area contributed by atoms with Crippen molar-refractivity contribution in [3.8, 4) is 0 Å². The molecule has 3 aromatic rings. The van der Waals surface area contributed by atoms with Crippen molar-refractivity contribution in [3.05, 3.63) is 57.2 Å². The van der Waals surface area contributed by atoms with E-state index >= 15 is 0 Å². The van der Waals surface area contributed by atoms with Crippen molar-refractivity contribution in [2.45, 2.75) is 26.7 Å². The number of carbonyl (C=O) groups is 2. The van der Waals surface area contributed by atoms with Gasteiger partial charge in [0.2, 0.25) is 5.43 Å². The average Bonchev–Trinajstić information content (AvgIpc) is 2.60. The van der Waals surface area contributed by atoms with Crippen molar-refractivity contribution >= 4 is 33.7 Å². The van der Waals surface area contributed by atoms with Gasteiger partial charge in [0.05, 0.1) is 16.3 Å². The molecule has 3 rings (SSSR count). The van der Waals surface area contributed by atoms with Gasteiger partial charge in [0, 0.05) is 12.0 Å². The zero-order chi connectivity index (χ0) is 17.4. The molecule has 0 spiro atoms. The summed E-state index contributed by atoms with van der Waals surface area (Å²) in [5, 5.41) is 9.61. The van der Waals surface area contributed by atoms with Crippen molar-refractivity contribution < 1.29 is 19.1 Å². The molecule has 0 radical (unpaired) electrons. The first-order chi connectivity index (χ1) is 11.5. The molecule has 0 unspecified atom stereocenters. The molecule has 0 aliphatic carbocycles. The highest BCUT2D eigenvalue weighted by Gasteiger charge is 2.16. The average molecular weight is 324 g/mol. The van der Waals surface area contributed by atoms with Crippen molar-refractivity contribution in [1.82, 2.24) is 0 Å². The third-order valence-electron chi connectivity index (χ3n) is 4.12. The minimum absolute atomic E-state index is 0.0191. The maximum absolute atomic E-state index is 12.8. The molecule has 0 saturated carbocycles. The fourth-order valence-electron chi connectivity index (χ4n) is 2.79. The summed E-state index contributed by atoms with van der Waals surface area (Å²) in [5.74, 6) is -1.16. The van der Waals surface area contributed by atoms with Crippen molar-refractivity contribution in [1.29, 1.82) is 0 Å². The Labute approximate surface area is 137 Å². The number of Topliss-reactive ketones (excluding diaryl/α,β-unsaturated/α-hetero) is 1. The summed E-state index contributed by atoms with van der Waals surface area (Å²) in [6.07, 6.45) is 0.958. The number of rotatable bonds is 4. The lowest BCUT2D eigenvalue weighted by atomic mass is 9.99. The van der Waals surface area contributed by atoms with Crippen molar-refractivity contribution in [2.24, 2.45) is 0 Å². The molecule has 5 heteroatoms. The third-order valence-corrected chi connectivity index (χ3v) is 4.12. The number of carboxylic acids is 1. The van der Waals surface area contributed by atoms with Crippen LogP contribution < -0.4 is 5.43 Å². The van der Waals surface area contributed by atoms with E-state index in [0.29, 0.717) is 35.0 Å². The number of benzene rings is 2. The first-order valence-corrected chi connectivity index (χ1v) is 7.76. The number of carbonyl (C=O) groups excluding carboxylic acids is 1. The molecule has 0 atom stereocenters. The van der Waals surface area contributed by atoms with Crippen LogP contribution >= 0.6 is 0 Å². The summed E-state index contributed by atoms with van der Waals surface area (Å²) in [6.45, 7) is 3.69. The Morgan fingerprint density at radius 3 is 2.38 bits per heavy atom. The molecule has 0 amide bonds. The van der Waals surface area contributed by atoms with Gasteiger partial charge in [-0.25, -0.2) is 4.79 Å². The molecule has 1 heterocycles. The Kier molecular flexibility index (Phi) is 3.93. The Balaban J connectivity index is 2.43. The number of hydrogen-bond donors (Lipinski definition) is 1. The first-order valence-electron chi connectivity index (χ1n) is 7.76. The van der Waals surface area contributed by atoms with Gasteiger partial charge in [-0.3, -0.25) is 9.59 Å². The predicted octanol–water partition coefficient (Wildman–Crippen LogP) is 3.80. The van der Waals surface area contributed by atoms with Gasteiger partial charge in [-0.2, -0.15) is 0 Å². The van der Waals surface area contributed by atoms with Crippen molar-refractivity contribution in [2.75, 3.05) is 0 Å². The maximum atomic E-state index is 12.8. The van der Waals surface area contributed by atoms with Gasteiger partial charge in [0.1, 0.15) is 11.2 Å². The van der Waals surface area contributed by atoms with E-state index in [1.54, 1.807) is 19.1 Å². The summed E-state index contributed by atoms with van der Waals surface area (Å²) >= 11 is 0. The SMILES string of the molecule is CCC(=O)c1cc(CC)c2oc3ccc(C(=O)O)cc3c(=O)c2c1. The van der Waals surface area contributed by atoms with Crippen LogP contribution in [0.25, 0.3) is 21.9 Å². The molecule has 24 heavy (non-hydrogen) atoms. The Hall–Kier alpha value is -2.95. The van der Waals surface area contributed by atoms with Crippen LogP contribution in [0.3, 0.4) is 0 Å². The van der Waals surface area contributed by atoms with Crippen LogP contribution in [-0.4, -0.2) is 16.9 Å². The Bertz CT molecular complexity index is 1040. The summed E-state index contributed by atoms with van der Waals surface area (Å²) in [6, 6.07) is 7.50. The second-order valence-electron chi connectivity index (χ2n) is 5.59. The number of fused-ring (bicyclic) bond motifs is 2. The van der Waals surface area contributed by atoms with Gasteiger partial charge in [0.25, 0.3) is 0 Å². The topological polar surface area (TPSA) is 84.6 Å². The largest absolute Gasteiger partial charge is 0.478 e. The number of carboxylic acid groups (broad SMARTS) is 1. The lowest BCUT2D eigenvalue weighted by molar-refractivity contribution is 0.0697. The van der Waals surface area contributed by atoms with E-state index in [9.17, 15) is 14.4 Å². The van der Waals surface area contributed by atoms with Crippen LogP contribution in [0.4, 0.5) is 0 Å². The summed E-state index contributed by atoms with van der Waals surface area (Å²) in [7, 11) is 0. The van der Waals surface area contributed by atoms with E-state index in [1.165, 1.54) is 18.2 Å². The molecule has 1 aromatic heterocycles. The monoisotopic (exact) mass is 324 g/mol. The minimum atomic E-state index is -1.11.